The molecule has 10 heteroatoms. The molecule has 0 N–H and O–H groups in total. The number of pyridine rings is 2. The number of anilines is 2. The van der Waals surface area contributed by atoms with Crippen molar-refractivity contribution in [3.8, 4) is 11.6 Å². The quantitative estimate of drug-likeness (QED) is 0.649. The molecule has 2 aromatic rings. The molecular formula is C23H29N4O5S. The highest BCUT2D eigenvalue weighted by Gasteiger charge is 2.32. The van der Waals surface area contributed by atoms with Crippen molar-refractivity contribution in [3.63, 3.8) is 0 Å². The molecule has 0 aromatic carbocycles. The van der Waals surface area contributed by atoms with E-state index < -0.39 is 9.84 Å². The summed E-state index contributed by atoms with van der Waals surface area (Å²) in [5.74, 6) is 1.21. The summed E-state index contributed by atoms with van der Waals surface area (Å²) in [6, 6.07) is 3.73. The van der Waals surface area contributed by atoms with Gasteiger partial charge in [0.2, 0.25) is 5.88 Å². The minimum atomic E-state index is -3.37. The highest BCUT2D eigenvalue weighted by Crippen LogP contribution is 2.38. The first-order chi connectivity index (χ1) is 15.9. The number of hydrogen-bond donors (Lipinski definition) is 0. The van der Waals surface area contributed by atoms with Crippen molar-refractivity contribution in [3.05, 3.63) is 36.5 Å². The summed E-state index contributed by atoms with van der Waals surface area (Å²) in [7, 11) is -3.37. The second-order valence-corrected chi connectivity index (χ2v) is 10.7. The average Bonchev–Trinajstić information content (AvgIpc) is 3.27. The van der Waals surface area contributed by atoms with Crippen molar-refractivity contribution >= 4 is 21.2 Å². The fraction of sp³-hybridized carbons (Fsp3) is 0.522. The maximum atomic E-state index is 11.9. The van der Waals surface area contributed by atoms with Gasteiger partial charge in [0.25, 0.3) is 0 Å². The summed E-state index contributed by atoms with van der Waals surface area (Å²) in [6.45, 7) is 5.41. The molecular weight excluding hydrogens is 444 g/mol. The molecule has 0 amide bonds. The largest absolute Gasteiger partial charge is 0.488 e. The minimum absolute atomic E-state index is 0.0528. The van der Waals surface area contributed by atoms with Gasteiger partial charge in [-0.2, -0.15) is 0 Å². The van der Waals surface area contributed by atoms with Gasteiger partial charge in [0.15, 0.2) is 20.6 Å². The van der Waals surface area contributed by atoms with Gasteiger partial charge >= 0.3 is 0 Å². The average molecular weight is 474 g/mol. The van der Waals surface area contributed by atoms with Gasteiger partial charge in [0, 0.05) is 32.0 Å². The first kappa shape index (κ1) is 22.4. The van der Waals surface area contributed by atoms with Crippen LogP contribution < -0.4 is 14.4 Å². The predicted octanol–water partition coefficient (Wildman–Crippen LogP) is 2.51. The van der Waals surface area contributed by atoms with Crippen molar-refractivity contribution in [2.24, 2.45) is 0 Å². The van der Waals surface area contributed by atoms with E-state index in [-0.39, 0.29) is 17.4 Å². The second-order valence-electron chi connectivity index (χ2n) is 8.74. The smallest absolute Gasteiger partial charge is 0.215 e. The van der Waals surface area contributed by atoms with Gasteiger partial charge in [-0.3, -0.25) is 4.90 Å². The Labute approximate surface area is 194 Å². The molecule has 5 heterocycles. The number of hydrogen-bond acceptors (Lipinski definition) is 9. The van der Waals surface area contributed by atoms with Gasteiger partial charge in [0.1, 0.15) is 18.9 Å². The Morgan fingerprint density at radius 1 is 1.15 bits per heavy atom. The Hall–Kier alpha value is -2.43. The normalized spacial score (nSPS) is 23.8. The second kappa shape index (κ2) is 9.08. The zero-order chi connectivity index (χ0) is 23.0. The van der Waals surface area contributed by atoms with Crippen molar-refractivity contribution < 1.29 is 22.6 Å². The molecule has 9 nitrogen and oxygen atoms in total. The van der Waals surface area contributed by atoms with E-state index in [1.165, 1.54) is 6.26 Å². The number of fused-ring (bicyclic) bond motifs is 1. The Morgan fingerprint density at radius 2 is 2.03 bits per heavy atom. The maximum Gasteiger partial charge on any atom is 0.215 e. The van der Waals surface area contributed by atoms with Gasteiger partial charge in [-0.15, -0.1) is 0 Å². The number of aromatic nitrogens is 2. The third-order valence-corrected chi connectivity index (χ3v) is 7.37. The van der Waals surface area contributed by atoms with E-state index in [1.54, 1.807) is 19.3 Å². The number of sulfone groups is 1. The number of nitrogens with zero attached hydrogens (tertiary/aromatic N) is 4. The molecule has 3 aliphatic rings. The molecule has 3 aliphatic heterocycles. The lowest BCUT2D eigenvalue weighted by Crippen LogP contribution is -2.39. The van der Waals surface area contributed by atoms with Crippen LogP contribution in [0.2, 0.25) is 0 Å². The highest BCUT2D eigenvalue weighted by molar-refractivity contribution is 7.90. The summed E-state index contributed by atoms with van der Waals surface area (Å²) in [6.07, 6.45) is 9.86. The minimum Gasteiger partial charge on any atom is -0.488 e. The lowest BCUT2D eigenvalue weighted by molar-refractivity contribution is -0.0661. The maximum absolute atomic E-state index is 11.9. The standard InChI is InChI=1S/C23H29N4O5S/c1-16-11-17(13-25-23(16)33(2,28)29)27-8-10-30-20-14-24-21(12-19(20)27)32-18-6-7-26(15-18)22-5-3-4-9-31-22/h3,11-14,18,22H,4-10,15H2,1-2H3/t18-,22?/m0/s1. The number of rotatable bonds is 5. The van der Waals surface area contributed by atoms with E-state index in [0.717, 1.165) is 50.3 Å². The van der Waals surface area contributed by atoms with Crippen LogP contribution in [0.15, 0.2) is 29.6 Å². The summed E-state index contributed by atoms with van der Waals surface area (Å²) in [5, 5.41) is 0.101. The number of ether oxygens (including phenoxy) is 3. The van der Waals surface area contributed by atoms with Gasteiger partial charge in [-0.25, -0.2) is 18.4 Å². The monoisotopic (exact) mass is 473 g/mol. The van der Waals surface area contributed by atoms with Crippen LogP contribution in [0.1, 0.15) is 24.8 Å². The molecule has 5 rings (SSSR count). The summed E-state index contributed by atoms with van der Waals surface area (Å²) in [5.41, 5.74) is 2.25. The van der Waals surface area contributed by atoms with Crippen molar-refractivity contribution in [1.29, 1.82) is 0 Å². The van der Waals surface area contributed by atoms with Gasteiger partial charge in [0.05, 0.1) is 30.3 Å². The molecule has 0 bridgehead atoms. The molecule has 177 valence electrons. The van der Waals surface area contributed by atoms with E-state index in [0.29, 0.717) is 30.3 Å². The van der Waals surface area contributed by atoms with Gasteiger partial charge < -0.3 is 19.1 Å². The van der Waals surface area contributed by atoms with Crippen LogP contribution >= 0.6 is 0 Å². The van der Waals surface area contributed by atoms with Crippen LogP contribution in [0.3, 0.4) is 0 Å². The van der Waals surface area contributed by atoms with E-state index in [9.17, 15) is 8.42 Å². The Bertz CT molecular complexity index is 1120. The lowest BCUT2D eigenvalue weighted by atomic mass is 10.2. The van der Waals surface area contributed by atoms with Crippen LogP contribution in [-0.2, 0) is 14.6 Å². The summed E-state index contributed by atoms with van der Waals surface area (Å²) in [4.78, 5) is 13.1. The van der Waals surface area contributed by atoms with Crippen LogP contribution in [-0.4, -0.2) is 74.7 Å². The molecule has 1 unspecified atom stereocenters. The zero-order valence-corrected chi connectivity index (χ0v) is 19.8. The Morgan fingerprint density at radius 3 is 2.79 bits per heavy atom. The van der Waals surface area contributed by atoms with Crippen molar-refractivity contribution in [2.45, 2.75) is 43.5 Å². The number of likely N-dealkylation sites (tertiary alicyclic amines) is 1. The molecule has 33 heavy (non-hydrogen) atoms. The Balaban J connectivity index is 1.33. The topological polar surface area (TPSA) is 94.1 Å². The third kappa shape index (κ3) is 4.78. The summed E-state index contributed by atoms with van der Waals surface area (Å²) < 4.78 is 41.8. The fourth-order valence-corrected chi connectivity index (χ4v) is 5.56. The third-order valence-electron chi connectivity index (χ3n) is 6.24. The fourth-order valence-electron chi connectivity index (χ4n) is 4.67. The van der Waals surface area contributed by atoms with Gasteiger partial charge in [-0.05, 0) is 44.2 Å². The first-order valence-electron chi connectivity index (χ1n) is 11.3. The zero-order valence-electron chi connectivity index (χ0n) is 18.9. The van der Waals surface area contributed by atoms with Crippen LogP contribution in [0.4, 0.5) is 11.4 Å². The van der Waals surface area contributed by atoms with E-state index in [4.69, 9.17) is 14.2 Å². The molecule has 2 saturated heterocycles. The molecule has 0 aliphatic carbocycles. The summed E-state index contributed by atoms with van der Waals surface area (Å²) >= 11 is 0. The Kier molecular flexibility index (Phi) is 6.15. The first-order valence-corrected chi connectivity index (χ1v) is 13.2. The molecule has 1 radical (unpaired) electrons. The molecule has 2 fully saturated rings. The molecule has 0 spiro atoms. The molecule has 2 aromatic heterocycles. The van der Waals surface area contributed by atoms with E-state index >= 15 is 0 Å². The molecule has 2 atom stereocenters. The molecule has 0 saturated carbocycles. The van der Waals surface area contributed by atoms with Crippen molar-refractivity contribution in [2.75, 3.05) is 44.0 Å². The number of aryl methyl sites for hydroxylation is 1. The van der Waals surface area contributed by atoms with Crippen LogP contribution in [0, 0.1) is 13.3 Å². The SMILES string of the molecule is Cc1cc(N2CCOc3cnc(O[C@H]4CCN(C5C[CH]CCO5)C4)cc32)cnc1S(C)(=O)=O. The van der Waals surface area contributed by atoms with Crippen LogP contribution in [0.25, 0.3) is 0 Å². The van der Waals surface area contributed by atoms with E-state index in [1.807, 2.05) is 12.1 Å². The highest BCUT2D eigenvalue weighted by atomic mass is 32.2. The predicted molar refractivity (Wildman–Crippen MR) is 123 cm³/mol. The van der Waals surface area contributed by atoms with Crippen LogP contribution in [0.5, 0.6) is 11.6 Å². The lowest BCUT2D eigenvalue weighted by Gasteiger charge is -2.31. The van der Waals surface area contributed by atoms with Crippen molar-refractivity contribution in [1.82, 2.24) is 14.9 Å². The van der Waals surface area contributed by atoms with E-state index in [2.05, 4.69) is 26.2 Å². The van der Waals surface area contributed by atoms with Gasteiger partial charge in [-0.1, -0.05) is 0 Å².